The van der Waals surface area contributed by atoms with Gasteiger partial charge in [-0.15, -0.1) is 0 Å². The first-order chi connectivity index (χ1) is 8.24. The van der Waals surface area contributed by atoms with Crippen LogP contribution in [0.15, 0.2) is 24.3 Å². The molecule has 0 spiro atoms. The van der Waals surface area contributed by atoms with Gasteiger partial charge in [0.1, 0.15) is 5.82 Å². The lowest BCUT2D eigenvalue weighted by molar-refractivity contribution is 0.782. The van der Waals surface area contributed by atoms with Gasteiger partial charge in [-0.05, 0) is 24.0 Å². The summed E-state index contributed by atoms with van der Waals surface area (Å²) in [6, 6.07) is 8.74. The second kappa shape index (κ2) is 4.02. The van der Waals surface area contributed by atoms with E-state index in [4.69, 9.17) is 4.98 Å². The third kappa shape index (κ3) is 1.88. The molecule has 0 bridgehead atoms. The molecule has 1 aliphatic rings. The van der Waals surface area contributed by atoms with Crippen LogP contribution in [0.4, 0.5) is 0 Å². The van der Waals surface area contributed by atoms with E-state index in [1.54, 1.807) is 0 Å². The number of fused-ring (bicyclic) bond motifs is 2. The molecule has 17 heavy (non-hydrogen) atoms. The summed E-state index contributed by atoms with van der Waals surface area (Å²) in [5.41, 5.74) is 5.51. The molecule has 88 valence electrons. The second-order valence-electron chi connectivity index (χ2n) is 5.15. The molecule has 0 amide bonds. The fourth-order valence-electron chi connectivity index (χ4n) is 2.51. The first kappa shape index (κ1) is 10.6. The molecule has 1 heterocycles. The van der Waals surface area contributed by atoms with Crippen LogP contribution in [0.25, 0.3) is 0 Å². The van der Waals surface area contributed by atoms with E-state index in [2.05, 4.69) is 43.1 Å². The molecule has 0 aliphatic heterocycles. The van der Waals surface area contributed by atoms with Crippen molar-refractivity contribution in [2.75, 3.05) is 0 Å². The molecule has 0 atom stereocenters. The first-order valence-electron chi connectivity index (χ1n) is 6.38. The summed E-state index contributed by atoms with van der Waals surface area (Å²) in [6.07, 6.45) is 3.19. The molecule has 1 aliphatic carbocycles. The van der Waals surface area contributed by atoms with E-state index in [0.717, 1.165) is 25.1 Å². The number of hydrogen-bond donors (Lipinski definition) is 1. The van der Waals surface area contributed by atoms with Crippen molar-refractivity contribution in [3.8, 4) is 0 Å². The van der Waals surface area contributed by atoms with E-state index in [0.29, 0.717) is 5.92 Å². The van der Waals surface area contributed by atoms with E-state index in [-0.39, 0.29) is 0 Å². The van der Waals surface area contributed by atoms with Crippen LogP contribution in [0.5, 0.6) is 0 Å². The molecule has 2 nitrogen and oxygen atoms in total. The quantitative estimate of drug-likeness (QED) is 0.794. The van der Waals surface area contributed by atoms with E-state index in [1.807, 2.05) is 0 Å². The van der Waals surface area contributed by atoms with Gasteiger partial charge in [-0.1, -0.05) is 38.1 Å². The highest BCUT2D eigenvalue weighted by Gasteiger charge is 2.17. The number of H-pyrrole nitrogens is 1. The van der Waals surface area contributed by atoms with Crippen LogP contribution in [0.3, 0.4) is 0 Å². The van der Waals surface area contributed by atoms with E-state index in [9.17, 15) is 0 Å². The average Bonchev–Trinajstić information content (AvgIpc) is 2.64. The summed E-state index contributed by atoms with van der Waals surface area (Å²) < 4.78 is 0. The number of aryl methyl sites for hydroxylation is 2. The van der Waals surface area contributed by atoms with Gasteiger partial charge in [-0.3, -0.25) is 0 Å². The SMILES string of the molecule is CC(C)c1nc2c([nH]1)Cc1ccccc1CC2. The molecular formula is C15H18N2. The number of benzene rings is 1. The number of hydrogen-bond acceptors (Lipinski definition) is 1. The maximum absolute atomic E-state index is 4.74. The number of aromatic nitrogens is 2. The van der Waals surface area contributed by atoms with Crippen molar-refractivity contribution < 1.29 is 0 Å². The van der Waals surface area contributed by atoms with Gasteiger partial charge in [0.05, 0.1) is 5.69 Å². The molecule has 0 saturated carbocycles. The molecule has 2 heteroatoms. The fourth-order valence-corrected chi connectivity index (χ4v) is 2.51. The van der Waals surface area contributed by atoms with E-state index < -0.39 is 0 Å². The Morgan fingerprint density at radius 1 is 1.12 bits per heavy atom. The molecular weight excluding hydrogens is 208 g/mol. The molecule has 0 saturated heterocycles. The molecule has 1 N–H and O–H groups in total. The van der Waals surface area contributed by atoms with Crippen molar-refractivity contribution in [1.82, 2.24) is 9.97 Å². The zero-order valence-corrected chi connectivity index (χ0v) is 10.5. The average molecular weight is 226 g/mol. The Hall–Kier alpha value is -1.57. The minimum absolute atomic E-state index is 0.483. The minimum Gasteiger partial charge on any atom is -0.345 e. The largest absolute Gasteiger partial charge is 0.345 e. The van der Waals surface area contributed by atoms with Crippen molar-refractivity contribution >= 4 is 0 Å². The summed E-state index contributed by atoms with van der Waals surface area (Å²) in [4.78, 5) is 8.24. The van der Waals surface area contributed by atoms with Gasteiger partial charge in [0.15, 0.2) is 0 Å². The number of aromatic amines is 1. The Morgan fingerprint density at radius 3 is 2.65 bits per heavy atom. The highest BCUT2D eigenvalue weighted by atomic mass is 14.9. The van der Waals surface area contributed by atoms with Crippen molar-refractivity contribution in [2.45, 2.75) is 39.0 Å². The van der Waals surface area contributed by atoms with Gasteiger partial charge in [-0.25, -0.2) is 4.98 Å². The molecule has 2 aromatic rings. The van der Waals surface area contributed by atoms with Gasteiger partial charge in [-0.2, -0.15) is 0 Å². The Kier molecular flexibility index (Phi) is 2.50. The van der Waals surface area contributed by atoms with Crippen molar-refractivity contribution in [1.29, 1.82) is 0 Å². The number of rotatable bonds is 1. The van der Waals surface area contributed by atoms with E-state index >= 15 is 0 Å². The molecule has 0 fully saturated rings. The maximum atomic E-state index is 4.74. The van der Waals surface area contributed by atoms with Crippen LogP contribution < -0.4 is 0 Å². The highest BCUT2D eigenvalue weighted by molar-refractivity contribution is 5.36. The monoisotopic (exact) mass is 226 g/mol. The van der Waals surface area contributed by atoms with Crippen LogP contribution in [-0.2, 0) is 19.3 Å². The molecule has 1 aromatic carbocycles. The topological polar surface area (TPSA) is 28.7 Å². The molecule has 3 rings (SSSR count). The normalized spacial score (nSPS) is 14.3. The van der Waals surface area contributed by atoms with Crippen LogP contribution in [0.2, 0.25) is 0 Å². The predicted octanol–water partition coefficient (Wildman–Crippen LogP) is 3.22. The minimum atomic E-state index is 0.483. The maximum Gasteiger partial charge on any atom is 0.109 e. The van der Waals surface area contributed by atoms with E-state index in [1.165, 1.54) is 22.5 Å². The fraction of sp³-hybridized carbons (Fsp3) is 0.400. The summed E-state index contributed by atoms with van der Waals surface area (Å²) in [5.74, 6) is 1.62. The predicted molar refractivity (Wildman–Crippen MR) is 69.3 cm³/mol. The zero-order valence-electron chi connectivity index (χ0n) is 10.5. The number of imidazole rings is 1. The Balaban J connectivity index is 2.01. The molecule has 1 aromatic heterocycles. The van der Waals surface area contributed by atoms with Crippen LogP contribution in [-0.4, -0.2) is 9.97 Å². The van der Waals surface area contributed by atoms with Gasteiger partial charge in [0, 0.05) is 18.0 Å². The first-order valence-corrected chi connectivity index (χ1v) is 6.38. The zero-order chi connectivity index (χ0) is 11.8. The third-order valence-corrected chi connectivity index (χ3v) is 3.55. The summed E-state index contributed by atoms with van der Waals surface area (Å²) in [5, 5.41) is 0. The summed E-state index contributed by atoms with van der Waals surface area (Å²) in [6.45, 7) is 4.37. The Bertz CT molecular complexity index is 538. The Labute approximate surface area is 102 Å². The lowest BCUT2D eigenvalue weighted by Crippen LogP contribution is -1.95. The standard InChI is InChI=1S/C15H18N2/c1-10(2)15-16-13-8-7-11-5-3-4-6-12(11)9-14(13)17-15/h3-6,10H,7-9H2,1-2H3,(H,16,17). The molecule has 0 radical (unpaired) electrons. The van der Waals surface area contributed by atoms with Gasteiger partial charge >= 0.3 is 0 Å². The lowest BCUT2D eigenvalue weighted by Gasteiger charge is -2.04. The van der Waals surface area contributed by atoms with Crippen molar-refractivity contribution in [3.63, 3.8) is 0 Å². The number of nitrogens with one attached hydrogen (secondary N) is 1. The third-order valence-electron chi connectivity index (χ3n) is 3.55. The van der Waals surface area contributed by atoms with Gasteiger partial charge < -0.3 is 4.98 Å². The number of nitrogens with zero attached hydrogens (tertiary/aromatic N) is 1. The van der Waals surface area contributed by atoms with Crippen molar-refractivity contribution in [2.24, 2.45) is 0 Å². The lowest BCUT2D eigenvalue weighted by atomic mass is 10.0. The smallest absolute Gasteiger partial charge is 0.109 e. The van der Waals surface area contributed by atoms with Crippen LogP contribution in [0, 0.1) is 0 Å². The van der Waals surface area contributed by atoms with Crippen molar-refractivity contribution in [3.05, 3.63) is 52.6 Å². The van der Waals surface area contributed by atoms with Gasteiger partial charge in [0.2, 0.25) is 0 Å². The second-order valence-corrected chi connectivity index (χ2v) is 5.15. The van der Waals surface area contributed by atoms with Crippen LogP contribution in [0.1, 0.15) is 48.1 Å². The highest BCUT2D eigenvalue weighted by Crippen LogP contribution is 2.24. The summed E-state index contributed by atoms with van der Waals surface area (Å²) >= 11 is 0. The van der Waals surface area contributed by atoms with Gasteiger partial charge in [0.25, 0.3) is 0 Å². The molecule has 0 unspecified atom stereocenters. The Morgan fingerprint density at radius 2 is 1.88 bits per heavy atom. The van der Waals surface area contributed by atoms with Crippen LogP contribution >= 0.6 is 0 Å². The summed E-state index contributed by atoms with van der Waals surface area (Å²) in [7, 11) is 0.